The average molecular weight is 456 g/mol. The highest BCUT2D eigenvalue weighted by Crippen LogP contribution is 2.37. The van der Waals surface area contributed by atoms with Gasteiger partial charge in [0.05, 0.1) is 19.6 Å². The molecule has 1 saturated carbocycles. The Hall–Kier alpha value is -3.36. The SMILES string of the molecule is O=C(Nc1ccc(OC2CN(C(=O)C3CCC(F)(F)CC3)C2)cc1)N1C=C2C=CNC=C2C1. The number of carbonyl (C=O) groups excluding carboxylic acids is 2. The van der Waals surface area contributed by atoms with Crippen LogP contribution >= 0.6 is 0 Å². The molecule has 33 heavy (non-hydrogen) atoms. The molecule has 0 atom stereocenters. The van der Waals surface area contributed by atoms with Crippen molar-refractivity contribution < 1.29 is 23.1 Å². The molecule has 1 aliphatic carbocycles. The lowest BCUT2D eigenvalue weighted by molar-refractivity contribution is -0.148. The van der Waals surface area contributed by atoms with Crippen molar-refractivity contribution in [3.8, 4) is 5.75 Å². The number of benzene rings is 1. The Morgan fingerprint density at radius 2 is 1.85 bits per heavy atom. The van der Waals surface area contributed by atoms with Gasteiger partial charge in [-0.25, -0.2) is 13.6 Å². The number of likely N-dealkylation sites (tertiary alicyclic amines) is 1. The van der Waals surface area contributed by atoms with E-state index in [0.29, 0.717) is 31.1 Å². The summed E-state index contributed by atoms with van der Waals surface area (Å²) in [5.41, 5.74) is 2.73. The molecule has 0 bridgehead atoms. The zero-order valence-corrected chi connectivity index (χ0v) is 18.1. The van der Waals surface area contributed by atoms with Gasteiger partial charge in [-0.05, 0) is 54.3 Å². The fourth-order valence-corrected chi connectivity index (χ4v) is 4.51. The maximum Gasteiger partial charge on any atom is 0.326 e. The van der Waals surface area contributed by atoms with Crippen molar-refractivity contribution in [2.24, 2.45) is 5.92 Å². The zero-order valence-electron chi connectivity index (χ0n) is 18.1. The summed E-state index contributed by atoms with van der Waals surface area (Å²) in [5.74, 6) is -2.31. The summed E-state index contributed by atoms with van der Waals surface area (Å²) in [5, 5.41) is 5.90. The van der Waals surface area contributed by atoms with E-state index >= 15 is 0 Å². The van der Waals surface area contributed by atoms with Crippen molar-refractivity contribution in [1.29, 1.82) is 0 Å². The molecule has 1 aromatic carbocycles. The van der Waals surface area contributed by atoms with Crippen molar-refractivity contribution >= 4 is 17.6 Å². The fourth-order valence-electron chi connectivity index (χ4n) is 4.51. The number of carbonyl (C=O) groups is 2. The van der Waals surface area contributed by atoms with Gasteiger partial charge >= 0.3 is 6.03 Å². The summed E-state index contributed by atoms with van der Waals surface area (Å²) < 4.78 is 32.5. The number of ether oxygens (including phenoxy) is 1. The Labute approximate surface area is 190 Å². The zero-order chi connectivity index (χ0) is 23.0. The normalized spacial score (nSPS) is 22.0. The molecule has 0 radical (unpaired) electrons. The number of urea groups is 1. The predicted molar refractivity (Wildman–Crippen MR) is 119 cm³/mol. The second kappa shape index (κ2) is 8.53. The second-order valence-corrected chi connectivity index (χ2v) is 8.95. The number of amides is 3. The van der Waals surface area contributed by atoms with Crippen LogP contribution in [-0.2, 0) is 4.79 Å². The number of anilines is 1. The van der Waals surface area contributed by atoms with Crippen molar-refractivity contribution in [2.75, 3.05) is 25.0 Å². The molecule has 3 heterocycles. The highest BCUT2D eigenvalue weighted by atomic mass is 19.3. The Kier molecular flexibility index (Phi) is 5.55. The van der Waals surface area contributed by atoms with E-state index in [-0.39, 0.29) is 49.6 Å². The number of alkyl halides is 2. The van der Waals surface area contributed by atoms with Crippen LogP contribution in [0.3, 0.4) is 0 Å². The number of nitrogens with one attached hydrogen (secondary N) is 2. The molecule has 7 nitrogen and oxygen atoms in total. The van der Waals surface area contributed by atoms with Crippen LogP contribution in [0.15, 0.2) is 60.1 Å². The number of halogens is 2. The van der Waals surface area contributed by atoms with Crippen LogP contribution in [0.5, 0.6) is 5.75 Å². The Morgan fingerprint density at radius 1 is 1.12 bits per heavy atom. The first kappa shape index (κ1) is 21.5. The maximum atomic E-state index is 13.3. The van der Waals surface area contributed by atoms with Crippen molar-refractivity contribution in [3.05, 3.63) is 60.1 Å². The largest absolute Gasteiger partial charge is 0.487 e. The number of fused-ring (bicyclic) bond motifs is 1. The van der Waals surface area contributed by atoms with E-state index in [0.717, 1.165) is 11.1 Å². The molecular formula is C24H26F2N4O3. The summed E-state index contributed by atoms with van der Waals surface area (Å²) in [4.78, 5) is 28.3. The van der Waals surface area contributed by atoms with E-state index in [1.165, 1.54) is 0 Å². The minimum Gasteiger partial charge on any atom is -0.487 e. The van der Waals surface area contributed by atoms with E-state index in [1.807, 2.05) is 24.7 Å². The molecule has 2 fully saturated rings. The molecular weight excluding hydrogens is 430 g/mol. The summed E-state index contributed by atoms with van der Waals surface area (Å²) in [6.07, 6.45) is 7.42. The van der Waals surface area contributed by atoms with Gasteiger partial charge in [-0.1, -0.05) is 0 Å². The molecule has 0 spiro atoms. The van der Waals surface area contributed by atoms with Gasteiger partial charge in [0, 0.05) is 43.0 Å². The quantitative estimate of drug-likeness (QED) is 0.722. The third-order valence-electron chi connectivity index (χ3n) is 6.52. The van der Waals surface area contributed by atoms with Crippen molar-refractivity contribution in [3.63, 3.8) is 0 Å². The number of hydrogen-bond donors (Lipinski definition) is 2. The molecule has 2 N–H and O–H groups in total. The van der Waals surface area contributed by atoms with E-state index in [4.69, 9.17) is 4.74 Å². The summed E-state index contributed by atoms with van der Waals surface area (Å²) in [6, 6.07) is 6.89. The van der Waals surface area contributed by atoms with Gasteiger partial charge in [-0.15, -0.1) is 0 Å². The molecule has 3 aliphatic heterocycles. The van der Waals surface area contributed by atoms with Gasteiger partial charge in [0.15, 0.2) is 0 Å². The third kappa shape index (κ3) is 4.72. The number of nitrogens with zero attached hydrogens (tertiary/aromatic N) is 2. The maximum absolute atomic E-state index is 13.3. The van der Waals surface area contributed by atoms with Gasteiger partial charge in [0.2, 0.25) is 11.8 Å². The topological polar surface area (TPSA) is 73.9 Å². The van der Waals surface area contributed by atoms with Gasteiger partial charge in [0.25, 0.3) is 0 Å². The Balaban J connectivity index is 1.07. The van der Waals surface area contributed by atoms with Crippen LogP contribution in [0.1, 0.15) is 25.7 Å². The predicted octanol–water partition coefficient (Wildman–Crippen LogP) is 3.83. The first-order chi connectivity index (χ1) is 15.9. The smallest absolute Gasteiger partial charge is 0.326 e. The summed E-state index contributed by atoms with van der Waals surface area (Å²) in [6.45, 7) is 1.44. The van der Waals surface area contributed by atoms with Gasteiger partial charge in [0.1, 0.15) is 11.9 Å². The molecule has 0 aromatic heterocycles. The number of dihydropyridines is 1. The van der Waals surface area contributed by atoms with Crippen LogP contribution in [0.4, 0.5) is 19.3 Å². The van der Waals surface area contributed by atoms with Crippen LogP contribution < -0.4 is 15.4 Å². The molecule has 174 valence electrons. The molecule has 4 aliphatic rings. The average Bonchev–Trinajstić information content (AvgIpc) is 3.21. The van der Waals surface area contributed by atoms with Crippen LogP contribution in [0.25, 0.3) is 0 Å². The molecule has 1 aromatic rings. The summed E-state index contributed by atoms with van der Waals surface area (Å²) >= 11 is 0. The highest BCUT2D eigenvalue weighted by Gasteiger charge is 2.41. The highest BCUT2D eigenvalue weighted by molar-refractivity contribution is 5.91. The minimum atomic E-state index is -2.63. The van der Waals surface area contributed by atoms with E-state index < -0.39 is 5.92 Å². The molecule has 5 rings (SSSR count). The Morgan fingerprint density at radius 3 is 2.55 bits per heavy atom. The molecule has 1 saturated heterocycles. The monoisotopic (exact) mass is 456 g/mol. The second-order valence-electron chi connectivity index (χ2n) is 8.95. The lowest BCUT2D eigenvalue weighted by atomic mass is 9.85. The first-order valence-corrected chi connectivity index (χ1v) is 11.2. The first-order valence-electron chi connectivity index (χ1n) is 11.2. The molecule has 9 heteroatoms. The summed E-state index contributed by atoms with van der Waals surface area (Å²) in [7, 11) is 0. The van der Waals surface area contributed by atoms with Gasteiger partial charge in [-0.2, -0.15) is 0 Å². The molecule has 0 unspecified atom stereocenters. The van der Waals surface area contributed by atoms with E-state index in [9.17, 15) is 18.4 Å². The fraction of sp³-hybridized carbons (Fsp3) is 0.417. The standard InChI is InChI=1S/C24H26F2N4O3/c25-24(26)8-5-16(6-9-24)22(31)29-14-21(15-29)33-20-3-1-19(2-4-20)28-23(32)30-12-17-7-10-27-11-18(17)13-30/h1-4,7,10-12,16,21,27H,5-6,8-9,13-15H2,(H,28,32). The van der Waals surface area contributed by atoms with Crippen LogP contribution in [0.2, 0.25) is 0 Å². The third-order valence-corrected chi connectivity index (χ3v) is 6.52. The van der Waals surface area contributed by atoms with E-state index in [2.05, 4.69) is 10.6 Å². The van der Waals surface area contributed by atoms with Gasteiger partial charge < -0.3 is 20.3 Å². The molecule has 3 amide bonds. The van der Waals surface area contributed by atoms with Crippen molar-refractivity contribution in [2.45, 2.75) is 37.7 Å². The Bertz CT molecular complexity index is 1020. The minimum absolute atomic E-state index is 0.0397. The van der Waals surface area contributed by atoms with Gasteiger partial charge in [-0.3, -0.25) is 9.69 Å². The number of rotatable bonds is 4. The van der Waals surface area contributed by atoms with Crippen LogP contribution in [0, 0.1) is 5.92 Å². The number of allylic oxidation sites excluding steroid dienone is 1. The lowest BCUT2D eigenvalue weighted by Crippen LogP contribution is -2.58. The number of hydrogen-bond acceptors (Lipinski definition) is 4. The van der Waals surface area contributed by atoms with E-state index in [1.54, 1.807) is 34.1 Å². The van der Waals surface area contributed by atoms with Crippen LogP contribution in [-0.4, -0.2) is 53.4 Å². The van der Waals surface area contributed by atoms with Crippen molar-refractivity contribution in [1.82, 2.24) is 15.1 Å². The lowest BCUT2D eigenvalue weighted by Gasteiger charge is -2.41.